The van der Waals surface area contributed by atoms with Crippen LogP contribution in [-0.2, 0) is 10.0 Å². The molecule has 0 aliphatic heterocycles. The van der Waals surface area contributed by atoms with Gasteiger partial charge in [-0.05, 0) is 80.1 Å². The molecule has 3 aromatic rings. The van der Waals surface area contributed by atoms with Crippen molar-refractivity contribution in [2.24, 2.45) is 5.10 Å². The highest BCUT2D eigenvalue weighted by atomic mass is 32.2. The lowest BCUT2D eigenvalue weighted by atomic mass is 10.1. The summed E-state index contributed by atoms with van der Waals surface area (Å²) < 4.78 is 32.1. The summed E-state index contributed by atoms with van der Waals surface area (Å²) >= 11 is 0. The Morgan fingerprint density at radius 2 is 1.53 bits per heavy atom. The molecule has 0 fully saturated rings. The van der Waals surface area contributed by atoms with Gasteiger partial charge in [-0.25, -0.2) is 13.8 Å². The van der Waals surface area contributed by atoms with Crippen LogP contribution in [0.5, 0.6) is 5.75 Å². The highest BCUT2D eigenvalue weighted by Crippen LogP contribution is 2.22. The number of benzene rings is 3. The lowest BCUT2D eigenvalue weighted by Crippen LogP contribution is -2.26. The minimum atomic E-state index is -3.68. The largest absolute Gasteiger partial charge is 0.494 e. The first-order valence-corrected chi connectivity index (χ1v) is 11.5. The molecule has 0 aliphatic carbocycles. The Bertz CT molecular complexity index is 1190. The van der Waals surface area contributed by atoms with Crippen LogP contribution in [0, 0.1) is 0 Å². The van der Waals surface area contributed by atoms with Gasteiger partial charge in [0, 0.05) is 12.6 Å². The van der Waals surface area contributed by atoms with Crippen LogP contribution >= 0.6 is 0 Å². The van der Waals surface area contributed by atoms with Gasteiger partial charge in [0.05, 0.1) is 22.9 Å². The smallest absolute Gasteiger partial charge is 0.271 e. The van der Waals surface area contributed by atoms with Crippen molar-refractivity contribution >= 4 is 27.3 Å². The number of carbonyl (C=O) groups excluding carboxylic acids is 1. The Balaban J connectivity index is 1.67. The maximum absolute atomic E-state index is 12.7. The Morgan fingerprint density at radius 3 is 2.12 bits per heavy atom. The number of hydrogen-bond acceptors (Lipinski definition) is 5. The van der Waals surface area contributed by atoms with E-state index in [-0.39, 0.29) is 4.90 Å². The van der Waals surface area contributed by atoms with Crippen molar-refractivity contribution in [3.8, 4) is 5.75 Å². The molecule has 0 heterocycles. The molecule has 0 atom stereocenters. The van der Waals surface area contributed by atoms with Gasteiger partial charge in [0.25, 0.3) is 15.9 Å². The van der Waals surface area contributed by atoms with E-state index in [0.29, 0.717) is 23.6 Å². The lowest BCUT2D eigenvalue weighted by molar-refractivity contribution is 0.0955. The van der Waals surface area contributed by atoms with Crippen LogP contribution in [0.2, 0.25) is 0 Å². The summed E-state index contributed by atoms with van der Waals surface area (Å²) in [6, 6.07) is 21.9. The normalized spacial score (nSPS) is 11.7. The molecule has 3 rings (SSSR count). The first-order chi connectivity index (χ1) is 15.3. The average molecular weight is 452 g/mol. The van der Waals surface area contributed by atoms with Crippen molar-refractivity contribution in [3.05, 3.63) is 90.0 Å². The van der Waals surface area contributed by atoms with Crippen molar-refractivity contribution in [3.63, 3.8) is 0 Å². The quantitative estimate of drug-likeness (QED) is 0.413. The fourth-order valence-corrected chi connectivity index (χ4v) is 4.15. The molecule has 0 saturated heterocycles. The van der Waals surface area contributed by atoms with E-state index in [1.165, 1.54) is 11.4 Å². The predicted octanol–water partition coefficient (Wildman–Crippen LogP) is 4.06. The summed E-state index contributed by atoms with van der Waals surface area (Å²) in [4.78, 5) is 12.6. The molecule has 0 radical (unpaired) electrons. The molecule has 8 heteroatoms. The highest BCUT2D eigenvalue weighted by molar-refractivity contribution is 7.92. The number of hydrogen-bond donors (Lipinski definition) is 1. The van der Waals surface area contributed by atoms with E-state index in [2.05, 4.69) is 10.5 Å². The number of carbonyl (C=O) groups is 1. The summed E-state index contributed by atoms with van der Waals surface area (Å²) in [6.45, 7) is 4.31. The third kappa shape index (κ3) is 5.33. The third-order valence-electron chi connectivity index (χ3n) is 4.80. The molecule has 0 spiro atoms. The number of anilines is 1. The van der Waals surface area contributed by atoms with E-state index in [4.69, 9.17) is 4.74 Å². The molecule has 7 nitrogen and oxygen atoms in total. The topological polar surface area (TPSA) is 88.1 Å². The van der Waals surface area contributed by atoms with Crippen LogP contribution in [0.25, 0.3) is 0 Å². The van der Waals surface area contributed by atoms with Gasteiger partial charge in [-0.1, -0.05) is 18.2 Å². The van der Waals surface area contributed by atoms with Crippen molar-refractivity contribution < 1.29 is 17.9 Å². The number of ether oxygens (including phenoxy) is 1. The van der Waals surface area contributed by atoms with Crippen LogP contribution in [-0.4, -0.2) is 33.7 Å². The number of sulfonamides is 1. The zero-order valence-electron chi connectivity index (χ0n) is 18.1. The number of amides is 1. The molecule has 1 amide bonds. The van der Waals surface area contributed by atoms with E-state index in [1.54, 1.807) is 61.5 Å². The van der Waals surface area contributed by atoms with Gasteiger partial charge < -0.3 is 4.74 Å². The molecular formula is C24H25N3O4S. The molecule has 0 aromatic heterocycles. The van der Waals surface area contributed by atoms with Gasteiger partial charge in [0.1, 0.15) is 5.75 Å². The SMILES string of the molecule is CCOc1ccc(C(C)=NNC(=O)c2ccc(N(C)S(=O)(=O)c3ccccc3)cc2)cc1. The van der Waals surface area contributed by atoms with Gasteiger partial charge in [0.15, 0.2) is 0 Å². The van der Waals surface area contributed by atoms with Crippen LogP contribution in [0.4, 0.5) is 5.69 Å². The Hall–Kier alpha value is -3.65. The van der Waals surface area contributed by atoms with E-state index < -0.39 is 15.9 Å². The van der Waals surface area contributed by atoms with Crippen molar-refractivity contribution in [1.29, 1.82) is 0 Å². The van der Waals surface area contributed by atoms with Crippen molar-refractivity contribution in [2.45, 2.75) is 18.7 Å². The number of nitrogens with one attached hydrogen (secondary N) is 1. The summed E-state index contributed by atoms with van der Waals surface area (Å²) in [5, 5.41) is 4.15. The number of nitrogens with zero attached hydrogens (tertiary/aromatic N) is 2. The predicted molar refractivity (Wildman–Crippen MR) is 126 cm³/mol. The molecule has 32 heavy (non-hydrogen) atoms. The second kappa shape index (κ2) is 10.1. The van der Waals surface area contributed by atoms with Gasteiger partial charge >= 0.3 is 0 Å². The fourth-order valence-electron chi connectivity index (χ4n) is 2.93. The summed E-state index contributed by atoms with van der Waals surface area (Å²) in [7, 11) is -2.21. The lowest BCUT2D eigenvalue weighted by Gasteiger charge is -2.19. The second-order valence-electron chi connectivity index (χ2n) is 6.93. The van der Waals surface area contributed by atoms with E-state index in [9.17, 15) is 13.2 Å². The highest BCUT2D eigenvalue weighted by Gasteiger charge is 2.21. The van der Waals surface area contributed by atoms with Gasteiger partial charge in [-0.15, -0.1) is 0 Å². The number of hydrazone groups is 1. The first kappa shape index (κ1) is 23.0. The zero-order chi connectivity index (χ0) is 23.1. The standard InChI is InChI=1S/C24H25N3O4S/c1-4-31-22-16-12-19(13-17-22)18(2)25-26-24(28)20-10-14-21(15-11-20)27(3)32(29,30)23-8-6-5-7-9-23/h5-17H,4H2,1-3H3,(H,26,28). The minimum absolute atomic E-state index is 0.198. The Labute approximate surface area is 188 Å². The monoisotopic (exact) mass is 451 g/mol. The summed E-state index contributed by atoms with van der Waals surface area (Å²) in [6.07, 6.45) is 0. The molecule has 3 aromatic carbocycles. The third-order valence-corrected chi connectivity index (χ3v) is 6.60. The van der Waals surface area contributed by atoms with Crippen LogP contribution in [0.3, 0.4) is 0 Å². The van der Waals surface area contributed by atoms with Crippen LogP contribution < -0.4 is 14.5 Å². The molecule has 0 bridgehead atoms. The van der Waals surface area contributed by atoms with Gasteiger partial charge in [0.2, 0.25) is 0 Å². The van der Waals surface area contributed by atoms with E-state index in [1.807, 2.05) is 31.2 Å². The second-order valence-corrected chi connectivity index (χ2v) is 8.90. The number of rotatable bonds is 8. The average Bonchev–Trinajstić information content (AvgIpc) is 2.83. The van der Waals surface area contributed by atoms with Crippen molar-refractivity contribution in [1.82, 2.24) is 5.43 Å². The Kier molecular flexibility index (Phi) is 7.27. The minimum Gasteiger partial charge on any atom is -0.494 e. The van der Waals surface area contributed by atoms with Gasteiger partial charge in [-0.2, -0.15) is 5.10 Å². The zero-order valence-corrected chi connectivity index (χ0v) is 19.0. The Morgan fingerprint density at radius 1 is 0.938 bits per heavy atom. The van der Waals surface area contributed by atoms with E-state index >= 15 is 0 Å². The molecule has 0 unspecified atom stereocenters. The molecule has 166 valence electrons. The fraction of sp³-hybridized carbons (Fsp3) is 0.167. The van der Waals surface area contributed by atoms with Crippen LogP contribution in [0.15, 0.2) is 88.9 Å². The summed E-state index contributed by atoms with van der Waals surface area (Å²) in [5.41, 5.74) is 4.84. The molecular weight excluding hydrogens is 426 g/mol. The van der Waals surface area contributed by atoms with E-state index in [0.717, 1.165) is 11.3 Å². The van der Waals surface area contributed by atoms with Crippen LogP contribution in [0.1, 0.15) is 29.8 Å². The molecule has 0 saturated carbocycles. The van der Waals surface area contributed by atoms with Crippen molar-refractivity contribution in [2.75, 3.05) is 18.0 Å². The maximum Gasteiger partial charge on any atom is 0.271 e. The maximum atomic E-state index is 12.7. The molecule has 0 aliphatic rings. The molecule has 1 N–H and O–H groups in total. The van der Waals surface area contributed by atoms with Gasteiger partial charge in [-0.3, -0.25) is 9.10 Å². The summed E-state index contributed by atoms with van der Waals surface area (Å²) in [5.74, 6) is 0.378. The first-order valence-electron chi connectivity index (χ1n) is 10.0.